The lowest BCUT2D eigenvalue weighted by Crippen LogP contribution is -2.33. The van der Waals surface area contributed by atoms with Crippen LogP contribution in [0.5, 0.6) is 0 Å². The minimum atomic E-state index is 0.175. The molecule has 0 aliphatic carbocycles. The van der Waals surface area contributed by atoms with Crippen LogP contribution in [-0.2, 0) is 24.2 Å². The third-order valence-electron chi connectivity index (χ3n) is 3.33. The molecule has 1 aromatic heterocycles. The molecule has 0 aromatic carbocycles. The lowest BCUT2D eigenvalue weighted by atomic mass is 10.0. The number of hydrogen-bond acceptors (Lipinski definition) is 2. The molecule has 0 bridgehead atoms. The Balaban J connectivity index is 2.25. The fourth-order valence-electron chi connectivity index (χ4n) is 2.34. The van der Waals surface area contributed by atoms with Gasteiger partial charge in [0, 0.05) is 28.6 Å². The maximum Gasteiger partial charge on any atom is 0.219 e. The van der Waals surface area contributed by atoms with E-state index in [1.165, 1.54) is 20.9 Å². The van der Waals surface area contributed by atoms with Gasteiger partial charge in [-0.2, -0.15) is 0 Å². The topological polar surface area (TPSA) is 20.3 Å². The standard InChI is InChI=1S/C13H18ClNOS/c1-8(14)6-12-9(2)11-4-5-15(10(3)16)7-13(11)17-12/h8H,4-7H2,1-3H3. The van der Waals surface area contributed by atoms with Crippen LogP contribution >= 0.6 is 22.9 Å². The second kappa shape index (κ2) is 4.99. The van der Waals surface area contributed by atoms with Gasteiger partial charge >= 0.3 is 0 Å². The van der Waals surface area contributed by atoms with Crippen molar-refractivity contribution in [2.45, 2.75) is 45.5 Å². The number of alkyl halides is 1. The number of fused-ring (bicyclic) bond motifs is 1. The molecule has 4 heteroatoms. The number of hydrogen-bond donors (Lipinski definition) is 0. The summed E-state index contributed by atoms with van der Waals surface area (Å²) in [6.45, 7) is 7.50. The van der Waals surface area contributed by atoms with Crippen molar-refractivity contribution in [3.63, 3.8) is 0 Å². The summed E-state index contributed by atoms with van der Waals surface area (Å²) in [5.41, 5.74) is 2.86. The van der Waals surface area contributed by atoms with Gasteiger partial charge in [0.1, 0.15) is 0 Å². The third-order valence-corrected chi connectivity index (χ3v) is 4.83. The minimum absolute atomic E-state index is 0.175. The summed E-state index contributed by atoms with van der Waals surface area (Å²) in [4.78, 5) is 16.1. The fraction of sp³-hybridized carbons (Fsp3) is 0.615. The van der Waals surface area contributed by atoms with Gasteiger partial charge in [0.2, 0.25) is 5.91 Å². The van der Waals surface area contributed by atoms with Gasteiger partial charge < -0.3 is 4.90 Å². The van der Waals surface area contributed by atoms with Crippen LogP contribution in [-0.4, -0.2) is 22.7 Å². The lowest BCUT2D eigenvalue weighted by molar-refractivity contribution is -0.129. The summed E-state index contributed by atoms with van der Waals surface area (Å²) in [5, 5.41) is 0.178. The van der Waals surface area contributed by atoms with E-state index in [9.17, 15) is 4.79 Å². The first-order chi connectivity index (χ1) is 7.99. The zero-order valence-electron chi connectivity index (χ0n) is 10.5. The Morgan fingerprint density at radius 3 is 2.88 bits per heavy atom. The molecule has 1 amide bonds. The van der Waals surface area contributed by atoms with E-state index >= 15 is 0 Å². The predicted molar refractivity (Wildman–Crippen MR) is 72.9 cm³/mol. The van der Waals surface area contributed by atoms with E-state index in [0.717, 1.165) is 25.9 Å². The van der Waals surface area contributed by atoms with Crippen LogP contribution in [0.15, 0.2) is 0 Å². The van der Waals surface area contributed by atoms with Crippen LogP contribution in [0, 0.1) is 6.92 Å². The fourth-order valence-corrected chi connectivity index (χ4v) is 4.09. The van der Waals surface area contributed by atoms with Gasteiger partial charge in [-0.25, -0.2) is 0 Å². The van der Waals surface area contributed by atoms with Crippen molar-refractivity contribution in [1.82, 2.24) is 4.90 Å². The third kappa shape index (κ3) is 2.66. The van der Waals surface area contributed by atoms with E-state index in [0.29, 0.717) is 0 Å². The van der Waals surface area contributed by atoms with Gasteiger partial charge in [-0.3, -0.25) is 4.79 Å². The molecule has 1 aliphatic rings. The zero-order valence-corrected chi connectivity index (χ0v) is 12.1. The monoisotopic (exact) mass is 271 g/mol. The second-order valence-corrected chi connectivity index (χ2v) is 6.66. The Bertz CT molecular complexity index is 439. The van der Waals surface area contributed by atoms with E-state index in [4.69, 9.17) is 11.6 Å². The van der Waals surface area contributed by atoms with Crippen molar-refractivity contribution in [3.8, 4) is 0 Å². The maximum atomic E-state index is 11.4. The molecule has 0 fully saturated rings. The Morgan fingerprint density at radius 1 is 1.59 bits per heavy atom. The quantitative estimate of drug-likeness (QED) is 0.757. The van der Waals surface area contributed by atoms with Crippen LogP contribution < -0.4 is 0 Å². The Morgan fingerprint density at radius 2 is 2.29 bits per heavy atom. The van der Waals surface area contributed by atoms with E-state index < -0.39 is 0 Å². The molecule has 0 N–H and O–H groups in total. The van der Waals surface area contributed by atoms with E-state index in [-0.39, 0.29) is 11.3 Å². The average Bonchev–Trinajstić information content (AvgIpc) is 2.54. The van der Waals surface area contributed by atoms with E-state index in [1.54, 1.807) is 6.92 Å². The number of nitrogens with zero attached hydrogens (tertiary/aromatic N) is 1. The van der Waals surface area contributed by atoms with E-state index in [2.05, 4.69) is 6.92 Å². The molecule has 0 radical (unpaired) electrons. The molecule has 2 nitrogen and oxygen atoms in total. The van der Waals surface area contributed by atoms with Crippen molar-refractivity contribution in [3.05, 3.63) is 20.9 Å². The minimum Gasteiger partial charge on any atom is -0.337 e. The number of carbonyl (C=O) groups is 1. The molecule has 0 spiro atoms. The van der Waals surface area contributed by atoms with E-state index in [1.807, 2.05) is 23.2 Å². The summed E-state index contributed by atoms with van der Waals surface area (Å²) in [7, 11) is 0. The van der Waals surface area contributed by atoms with Crippen molar-refractivity contribution in [2.24, 2.45) is 0 Å². The lowest BCUT2D eigenvalue weighted by Gasteiger charge is -2.25. The first-order valence-corrected chi connectivity index (χ1v) is 7.24. The van der Waals surface area contributed by atoms with Gasteiger partial charge in [0.15, 0.2) is 0 Å². The first kappa shape index (κ1) is 12.9. The molecule has 1 unspecified atom stereocenters. The van der Waals surface area contributed by atoms with Gasteiger partial charge in [-0.05, 0) is 37.8 Å². The van der Waals surface area contributed by atoms with Crippen LogP contribution in [0.2, 0.25) is 0 Å². The summed E-state index contributed by atoms with van der Waals surface area (Å²) in [6, 6.07) is 0. The maximum absolute atomic E-state index is 11.4. The Kier molecular flexibility index (Phi) is 3.79. The Hall–Kier alpha value is -0.540. The zero-order chi connectivity index (χ0) is 12.6. The number of thiophene rings is 1. The number of amides is 1. The summed E-state index contributed by atoms with van der Waals surface area (Å²) >= 11 is 7.90. The number of halogens is 1. The second-order valence-electron chi connectivity index (χ2n) is 4.73. The first-order valence-electron chi connectivity index (χ1n) is 5.98. The molecule has 2 rings (SSSR count). The molecule has 94 valence electrons. The van der Waals surface area contributed by atoms with Gasteiger partial charge in [0.25, 0.3) is 0 Å². The highest BCUT2D eigenvalue weighted by atomic mass is 35.5. The van der Waals surface area contributed by atoms with Crippen LogP contribution in [0.3, 0.4) is 0 Å². The average molecular weight is 272 g/mol. The molecule has 0 saturated carbocycles. The van der Waals surface area contributed by atoms with Crippen LogP contribution in [0.4, 0.5) is 0 Å². The highest BCUT2D eigenvalue weighted by molar-refractivity contribution is 7.12. The smallest absolute Gasteiger partial charge is 0.219 e. The summed E-state index contributed by atoms with van der Waals surface area (Å²) in [6.07, 6.45) is 1.93. The van der Waals surface area contributed by atoms with Crippen molar-refractivity contribution in [1.29, 1.82) is 0 Å². The van der Waals surface area contributed by atoms with Gasteiger partial charge in [-0.1, -0.05) is 0 Å². The molecule has 1 atom stereocenters. The summed E-state index contributed by atoms with van der Waals surface area (Å²) < 4.78 is 0. The van der Waals surface area contributed by atoms with Crippen molar-refractivity contribution in [2.75, 3.05) is 6.54 Å². The largest absolute Gasteiger partial charge is 0.337 e. The number of carbonyl (C=O) groups excluding carboxylic acids is 1. The molecular weight excluding hydrogens is 254 g/mol. The molecule has 2 heterocycles. The summed E-state index contributed by atoms with van der Waals surface area (Å²) in [5.74, 6) is 0.175. The van der Waals surface area contributed by atoms with Crippen molar-refractivity contribution < 1.29 is 4.79 Å². The predicted octanol–water partition coefficient (Wildman–Crippen LogP) is 3.13. The van der Waals surface area contributed by atoms with Gasteiger partial charge in [-0.15, -0.1) is 22.9 Å². The normalized spacial score (nSPS) is 16.8. The Labute approximate surface area is 112 Å². The molecular formula is C13H18ClNOS. The number of rotatable bonds is 2. The SMILES string of the molecule is CC(=O)N1CCc2c(sc(CC(C)Cl)c2C)C1. The molecule has 1 aromatic rings. The molecule has 0 saturated heterocycles. The highest BCUT2D eigenvalue weighted by Gasteiger charge is 2.23. The van der Waals surface area contributed by atoms with Crippen LogP contribution in [0.1, 0.15) is 34.7 Å². The highest BCUT2D eigenvalue weighted by Crippen LogP contribution is 2.33. The molecule has 1 aliphatic heterocycles. The van der Waals surface area contributed by atoms with Crippen molar-refractivity contribution >= 4 is 28.8 Å². The van der Waals surface area contributed by atoms with Crippen LogP contribution in [0.25, 0.3) is 0 Å². The van der Waals surface area contributed by atoms with Gasteiger partial charge in [0.05, 0.1) is 6.54 Å². The molecule has 17 heavy (non-hydrogen) atoms.